The van der Waals surface area contributed by atoms with Gasteiger partial charge in [0.25, 0.3) is 0 Å². The molecule has 0 bridgehead atoms. The van der Waals surface area contributed by atoms with E-state index in [-0.39, 0.29) is 28.9 Å². The number of carbonyl (C=O) groups excluding carboxylic acids is 2. The van der Waals surface area contributed by atoms with E-state index in [0.717, 1.165) is 0 Å². The third-order valence-corrected chi connectivity index (χ3v) is 11.2. The molecule has 8 nitrogen and oxygen atoms in total. The summed E-state index contributed by atoms with van der Waals surface area (Å²) in [4.78, 5) is 25.4. The van der Waals surface area contributed by atoms with Crippen molar-refractivity contribution in [3.63, 3.8) is 0 Å². The van der Waals surface area contributed by atoms with Crippen molar-refractivity contribution in [3.8, 4) is 11.3 Å². The van der Waals surface area contributed by atoms with Crippen molar-refractivity contribution in [1.29, 1.82) is 0 Å². The van der Waals surface area contributed by atoms with Crippen LogP contribution in [-0.4, -0.2) is 55.5 Å². The molecule has 0 aliphatic carbocycles. The van der Waals surface area contributed by atoms with Gasteiger partial charge >= 0.3 is 12.1 Å². The van der Waals surface area contributed by atoms with Crippen LogP contribution in [0, 0.1) is 5.82 Å². The van der Waals surface area contributed by atoms with E-state index in [1.165, 1.54) is 22.9 Å². The topological polar surface area (TPSA) is 91.7 Å². The number of hydrogen-bond donors (Lipinski definition) is 1. The third-order valence-electron chi connectivity index (χ3n) is 6.38. The minimum absolute atomic E-state index is 0.0219. The summed E-state index contributed by atoms with van der Waals surface area (Å²) in [7, 11) is -2.04. The quantitative estimate of drug-likeness (QED) is 0.245. The normalized spacial score (nSPS) is 13.2. The Hall–Kier alpha value is -2.43. The molecule has 1 aromatic heterocycles. The maximum absolute atomic E-state index is 13.8. The Morgan fingerprint density at radius 3 is 2.37 bits per heavy atom. The van der Waals surface area contributed by atoms with Crippen LogP contribution in [0.2, 0.25) is 23.2 Å². The predicted molar refractivity (Wildman–Crippen MR) is 150 cm³/mol. The summed E-state index contributed by atoms with van der Waals surface area (Å²) < 4.78 is 32.4. The van der Waals surface area contributed by atoms with Crippen molar-refractivity contribution in [1.82, 2.24) is 15.1 Å². The molecule has 2 rings (SSSR count). The SMILES string of the molecule is CCOC(=O)c1cc(-c2ccc(F)c(Cl)c2)nn1C(CCO[Si](C)(C)C(C)(C)C)CNC(=O)OC(C)(C)C. The highest BCUT2D eigenvalue weighted by Gasteiger charge is 2.37. The summed E-state index contributed by atoms with van der Waals surface area (Å²) in [6.07, 6.45) is -0.122. The number of halogens is 2. The van der Waals surface area contributed by atoms with Crippen LogP contribution < -0.4 is 5.32 Å². The fraction of sp³-hybridized carbons (Fsp3) is 0.593. The van der Waals surface area contributed by atoms with Gasteiger partial charge in [0.05, 0.1) is 23.4 Å². The lowest BCUT2D eigenvalue weighted by molar-refractivity contribution is 0.0503. The van der Waals surface area contributed by atoms with Gasteiger partial charge in [-0.25, -0.2) is 14.0 Å². The molecule has 1 heterocycles. The standard InChI is InChI=1S/C27H41ClFN3O5Si/c1-10-35-24(33)23-16-22(18-11-12-21(29)20(28)15-18)31-32(23)19(17-30-25(34)37-26(2,3)4)13-14-36-38(8,9)27(5,6)7/h11-12,15-16,19H,10,13-14,17H2,1-9H3,(H,30,34). The summed E-state index contributed by atoms with van der Waals surface area (Å²) in [5, 5.41) is 7.43. The summed E-state index contributed by atoms with van der Waals surface area (Å²) in [5.41, 5.74) is 0.493. The Morgan fingerprint density at radius 2 is 1.82 bits per heavy atom. The Morgan fingerprint density at radius 1 is 1.16 bits per heavy atom. The second-order valence-electron chi connectivity index (χ2n) is 11.6. The van der Waals surface area contributed by atoms with Crippen LogP contribution in [0.3, 0.4) is 0 Å². The molecule has 0 spiro atoms. The lowest BCUT2D eigenvalue weighted by Crippen LogP contribution is -2.42. The number of carbonyl (C=O) groups is 2. The van der Waals surface area contributed by atoms with Crippen LogP contribution in [0.5, 0.6) is 0 Å². The molecule has 11 heteroatoms. The lowest BCUT2D eigenvalue weighted by atomic mass is 10.1. The minimum atomic E-state index is -2.04. The molecule has 0 aliphatic rings. The number of rotatable bonds is 10. The van der Waals surface area contributed by atoms with Gasteiger partial charge in [0.15, 0.2) is 8.32 Å². The molecule has 0 fully saturated rings. The van der Waals surface area contributed by atoms with E-state index >= 15 is 0 Å². The van der Waals surface area contributed by atoms with E-state index in [4.69, 9.17) is 25.5 Å². The zero-order valence-electron chi connectivity index (χ0n) is 23.9. The second kappa shape index (κ2) is 12.6. The van der Waals surface area contributed by atoms with E-state index < -0.39 is 37.8 Å². The maximum Gasteiger partial charge on any atom is 0.407 e. The lowest BCUT2D eigenvalue weighted by Gasteiger charge is -2.36. The molecule has 1 amide bonds. The Balaban J connectivity index is 2.45. The van der Waals surface area contributed by atoms with E-state index in [1.807, 2.05) is 0 Å². The molecular formula is C27H41ClFN3O5Si. The van der Waals surface area contributed by atoms with Gasteiger partial charge in [-0.05, 0) is 76.5 Å². The Labute approximate surface area is 231 Å². The summed E-state index contributed by atoms with van der Waals surface area (Å²) >= 11 is 6.00. The maximum atomic E-state index is 13.8. The largest absolute Gasteiger partial charge is 0.461 e. The number of ether oxygens (including phenoxy) is 2. The number of hydrogen-bond acceptors (Lipinski definition) is 6. The van der Waals surface area contributed by atoms with Gasteiger partial charge in [-0.2, -0.15) is 5.10 Å². The van der Waals surface area contributed by atoms with Crippen molar-refractivity contribution >= 4 is 32.0 Å². The van der Waals surface area contributed by atoms with Gasteiger partial charge in [0.2, 0.25) is 0 Å². The predicted octanol–water partition coefficient (Wildman–Crippen LogP) is 7.00. The highest BCUT2D eigenvalue weighted by Crippen LogP contribution is 2.37. The first-order valence-corrected chi connectivity index (χ1v) is 16.1. The zero-order valence-corrected chi connectivity index (χ0v) is 25.7. The summed E-state index contributed by atoms with van der Waals surface area (Å²) in [6, 6.07) is 5.35. The third kappa shape index (κ3) is 8.81. The number of benzene rings is 1. The molecule has 1 aromatic carbocycles. The van der Waals surface area contributed by atoms with Gasteiger partial charge < -0.3 is 19.2 Å². The number of amides is 1. The average molecular weight is 570 g/mol. The molecule has 0 saturated carbocycles. The van der Waals surface area contributed by atoms with Gasteiger partial charge in [0, 0.05) is 18.7 Å². The summed E-state index contributed by atoms with van der Waals surface area (Å²) in [6.45, 7) is 18.6. The molecule has 2 aromatic rings. The van der Waals surface area contributed by atoms with Crippen LogP contribution in [0.25, 0.3) is 11.3 Å². The first-order chi connectivity index (χ1) is 17.4. The van der Waals surface area contributed by atoms with Crippen LogP contribution in [0.1, 0.15) is 71.4 Å². The van der Waals surface area contributed by atoms with Gasteiger partial charge in [0.1, 0.15) is 17.1 Å². The van der Waals surface area contributed by atoms with Crippen molar-refractivity contribution in [2.75, 3.05) is 19.8 Å². The molecule has 1 atom stereocenters. The number of alkyl carbamates (subject to hydrolysis) is 1. The van der Waals surface area contributed by atoms with Gasteiger partial charge in [-0.1, -0.05) is 32.4 Å². The number of nitrogens with zero attached hydrogens (tertiary/aromatic N) is 2. The number of esters is 1. The average Bonchev–Trinajstić information content (AvgIpc) is 3.21. The molecule has 1 N–H and O–H groups in total. The molecule has 0 saturated heterocycles. The van der Waals surface area contributed by atoms with E-state index in [9.17, 15) is 14.0 Å². The Kier molecular flexibility index (Phi) is 10.6. The van der Waals surface area contributed by atoms with Crippen LogP contribution in [-0.2, 0) is 13.9 Å². The second-order valence-corrected chi connectivity index (χ2v) is 16.9. The van der Waals surface area contributed by atoms with Crippen molar-refractivity contribution in [2.45, 2.75) is 84.7 Å². The molecule has 0 aliphatic heterocycles. The minimum Gasteiger partial charge on any atom is -0.461 e. The van der Waals surface area contributed by atoms with E-state index in [1.54, 1.807) is 33.8 Å². The van der Waals surface area contributed by atoms with Crippen molar-refractivity contribution in [2.24, 2.45) is 0 Å². The fourth-order valence-corrected chi connectivity index (χ4v) is 4.56. The zero-order chi connectivity index (χ0) is 28.9. The number of nitrogens with one attached hydrogen (secondary N) is 1. The van der Waals surface area contributed by atoms with Crippen molar-refractivity contribution in [3.05, 3.63) is 40.8 Å². The first kappa shape index (κ1) is 31.8. The molecule has 212 valence electrons. The molecule has 1 unspecified atom stereocenters. The summed E-state index contributed by atoms with van der Waals surface area (Å²) in [5.74, 6) is -1.12. The molecule has 38 heavy (non-hydrogen) atoms. The number of aromatic nitrogens is 2. The van der Waals surface area contributed by atoms with Gasteiger partial charge in [-0.3, -0.25) is 4.68 Å². The van der Waals surface area contributed by atoms with E-state index in [2.05, 4.69) is 44.3 Å². The van der Waals surface area contributed by atoms with Crippen LogP contribution in [0.4, 0.5) is 9.18 Å². The van der Waals surface area contributed by atoms with Gasteiger partial charge in [-0.15, -0.1) is 0 Å². The monoisotopic (exact) mass is 569 g/mol. The van der Waals surface area contributed by atoms with E-state index in [0.29, 0.717) is 24.3 Å². The van der Waals surface area contributed by atoms with Crippen molar-refractivity contribution < 1.29 is 27.9 Å². The van der Waals surface area contributed by atoms with Crippen LogP contribution >= 0.6 is 11.6 Å². The highest BCUT2D eigenvalue weighted by molar-refractivity contribution is 6.74. The highest BCUT2D eigenvalue weighted by atomic mass is 35.5. The smallest absolute Gasteiger partial charge is 0.407 e. The Bertz CT molecular complexity index is 1120. The van der Waals surface area contributed by atoms with Crippen LogP contribution in [0.15, 0.2) is 24.3 Å². The first-order valence-electron chi connectivity index (χ1n) is 12.8. The molecular weight excluding hydrogens is 529 g/mol. The fourth-order valence-electron chi connectivity index (χ4n) is 3.32. The molecule has 0 radical (unpaired) electrons.